The fourth-order valence-electron chi connectivity index (χ4n) is 3.90. The number of anilines is 1. The van der Waals surface area contributed by atoms with Crippen molar-refractivity contribution in [2.24, 2.45) is 0 Å². The maximum absolute atomic E-state index is 13.0. The molecule has 7 heteroatoms. The second kappa shape index (κ2) is 9.06. The van der Waals surface area contributed by atoms with E-state index in [1.165, 1.54) is 11.3 Å². The lowest BCUT2D eigenvalue weighted by atomic mass is 10.1. The molecule has 32 heavy (non-hydrogen) atoms. The Morgan fingerprint density at radius 2 is 1.97 bits per heavy atom. The molecule has 2 aromatic carbocycles. The molecule has 0 bridgehead atoms. The van der Waals surface area contributed by atoms with Crippen LogP contribution >= 0.6 is 11.3 Å². The molecule has 3 heterocycles. The van der Waals surface area contributed by atoms with Gasteiger partial charge in [0, 0.05) is 22.0 Å². The molecule has 0 spiro atoms. The van der Waals surface area contributed by atoms with Crippen LogP contribution in [0, 0.1) is 6.92 Å². The van der Waals surface area contributed by atoms with Gasteiger partial charge in [0.1, 0.15) is 11.9 Å². The van der Waals surface area contributed by atoms with E-state index in [4.69, 9.17) is 9.72 Å². The largest absolute Gasteiger partial charge is 0.490 e. The Morgan fingerprint density at radius 3 is 2.78 bits per heavy atom. The van der Waals surface area contributed by atoms with E-state index in [1.807, 2.05) is 55.5 Å². The van der Waals surface area contributed by atoms with Crippen LogP contribution in [0.15, 0.2) is 60.8 Å². The van der Waals surface area contributed by atoms with Gasteiger partial charge in [0.2, 0.25) is 0 Å². The lowest BCUT2D eigenvalue weighted by Gasteiger charge is -2.24. The molecule has 0 unspecified atom stereocenters. The van der Waals surface area contributed by atoms with E-state index in [2.05, 4.69) is 15.6 Å². The summed E-state index contributed by atoms with van der Waals surface area (Å²) in [6.07, 6.45) is 4.00. The zero-order valence-electron chi connectivity index (χ0n) is 17.8. The number of pyridine rings is 1. The third-order valence-corrected chi connectivity index (χ3v) is 6.35. The van der Waals surface area contributed by atoms with E-state index in [1.54, 1.807) is 12.3 Å². The standard InChI is InChI=1S/C25H24N4O2S/c1-16-15-27-25(32-16)29-24(30)21-7-3-4-17-8-9-22(28-23(17)21)18-5-2-6-20(14-18)31-19-10-12-26-13-11-19/h2-9,14-15,19,26H,10-13H2,1H3,(H,27,29,30). The normalized spacial score (nSPS) is 14.4. The molecular weight excluding hydrogens is 420 g/mol. The molecule has 2 N–H and O–H groups in total. The van der Waals surface area contributed by atoms with Crippen molar-refractivity contribution in [3.05, 3.63) is 71.2 Å². The Morgan fingerprint density at radius 1 is 1.12 bits per heavy atom. The van der Waals surface area contributed by atoms with E-state index < -0.39 is 0 Å². The van der Waals surface area contributed by atoms with Crippen LogP contribution < -0.4 is 15.4 Å². The van der Waals surface area contributed by atoms with Gasteiger partial charge in [-0.15, -0.1) is 11.3 Å². The number of piperidine rings is 1. The van der Waals surface area contributed by atoms with Crippen molar-refractivity contribution in [2.75, 3.05) is 18.4 Å². The molecular formula is C25H24N4O2S. The summed E-state index contributed by atoms with van der Waals surface area (Å²) in [5.74, 6) is 0.638. The van der Waals surface area contributed by atoms with Crippen LogP contribution in [0.3, 0.4) is 0 Å². The average molecular weight is 445 g/mol. The van der Waals surface area contributed by atoms with Gasteiger partial charge in [0.15, 0.2) is 5.13 Å². The van der Waals surface area contributed by atoms with Gasteiger partial charge in [-0.25, -0.2) is 9.97 Å². The third kappa shape index (κ3) is 4.49. The number of amides is 1. The molecule has 5 rings (SSSR count). The zero-order valence-corrected chi connectivity index (χ0v) is 18.6. The number of nitrogens with zero attached hydrogens (tertiary/aromatic N) is 2. The Labute approximate surface area is 190 Å². The van der Waals surface area contributed by atoms with Crippen molar-refractivity contribution in [1.29, 1.82) is 0 Å². The number of rotatable bonds is 5. The predicted octanol–water partition coefficient (Wildman–Crippen LogP) is 5.05. The van der Waals surface area contributed by atoms with Gasteiger partial charge in [0.25, 0.3) is 5.91 Å². The first-order valence-corrected chi connectivity index (χ1v) is 11.6. The monoisotopic (exact) mass is 444 g/mol. The number of carbonyl (C=O) groups excluding carboxylic acids is 1. The van der Waals surface area contributed by atoms with Crippen LogP contribution in [0.2, 0.25) is 0 Å². The summed E-state index contributed by atoms with van der Waals surface area (Å²) in [4.78, 5) is 23.1. The summed E-state index contributed by atoms with van der Waals surface area (Å²) < 4.78 is 6.20. The number of aromatic nitrogens is 2. The van der Waals surface area contributed by atoms with E-state index in [0.717, 1.165) is 53.2 Å². The topological polar surface area (TPSA) is 76.1 Å². The van der Waals surface area contributed by atoms with Crippen molar-refractivity contribution in [3.8, 4) is 17.0 Å². The Kier molecular flexibility index (Phi) is 5.83. The van der Waals surface area contributed by atoms with Gasteiger partial charge >= 0.3 is 0 Å². The molecule has 6 nitrogen and oxygen atoms in total. The number of thiazole rings is 1. The number of benzene rings is 2. The van der Waals surface area contributed by atoms with Crippen LogP contribution in [-0.4, -0.2) is 35.1 Å². The number of hydrogen-bond acceptors (Lipinski definition) is 6. The predicted molar refractivity (Wildman–Crippen MR) is 129 cm³/mol. The van der Waals surface area contributed by atoms with E-state index in [9.17, 15) is 4.79 Å². The highest BCUT2D eigenvalue weighted by atomic mass is 32.1. The van der Waals surface area contributed by atoms with Gasteiger partial charge in [-0.05, 0) is 57.1 Å². The van der Waals surface area contributed by atoms with Gasteiger partial charge in [-0.3, -0.25) is 10.1 Å². The lowest BCUT2D eigenvalue weighted by molar-refractivity contribution is 0.102. The first-order valence-electron chi connectivity index (χ1n) is 10.8. The molecule has 0 saturated carbocycles. The Hall–Kier alpha value is -3.29. The number of ether oxygens (including phenoxy) is 1. The summed E-state index contributed by atoms with van der Waals surface area (Å²) in [6.45, 7) is 3.94. The highest BCUT2D eigenvalue weighted by Crippen LogP contribution is 2.28. The zero-order chi connectivity index (χ0) is 21.9. The van der Waals surface area contributed by atoms with Crippen LogP contribution in [0.1, 0.15) is 28.1 Å². The van der Waals surface area contributed by atoms with Crippen LogP contribution in [0.5, 0.6) is 5.75 Å². The molecule has 0 atom stereocenters. The van der Waals surface area contributed by atoms with Crippen LogP contribution in [0.25, 0.3) is 22.2 Å². The van der Waals surface area contributed by atoms with Crippen molar-refractivity contribution < 1.29 is 9.53 Å². The fraction of sp³-hybridized carbons (Fsp3) is 0.240. The molecule has 1 aliphatic heterocycles. The molecule has 0 aliphatic carbocycles. The fourth-order valence-corrected chi connectivity index (χ4v) is 4.56. The minimum absolute atomic E-state index is 0.211. The number of hydrogen-bond donors (Lipinski definition) is 2. The molecule has 1 amide bonds. The maximum Gasteiger partial charge on any atom is 0.259 e. The summed E-state index contributed by atoms with van der Waals surface area (Å²) >= 11 is 1.45. The van der Waals surface area contributed by atoms with Crippen molar-refractivity contribution in [1.82, 2.24) is 15.3 Å². The molecule has 1 fully saturated rings. The highest BCUT2D eigenvalue weighted by Gasteiger charge is 2.16. The second-order valence-corrected chi connectivity index (χ2v) is 9.13. The number of carbonyl (C=O) groups is 1. The van der Waals surface area contributed by atoms with Crippen molar-refractivity contribution in [3.63, 3.8) is 0 Å². The van der Waals surface area contributed by atoms with Crippen LogP contribution in [-0.2, 0) is 0 Å². The average Bonchev–Trinajstić information content (AvgIpc) is 3.23. The van der Waals surface area contributed by atoms with Gasteiger partial charge in [-0.2, -0.15) is 0 Å². The third-order valence-electron chi connectivity index (χ3n) is 5.53. The molecule has 162 valence electrons. The van der Waals surface area contributed by atoms with E-state index >= 15 is 0 Å². The summed E-state index contributed by atoms with van der Waals surface area (Å²) in [7, 11) is 0. The van der Waals surface area contributed by atoms with Crippen LogP contribution in [0.4, 0.5) is 5.13 Å². The Balaban J connectivity index is 1.44. The summed E-state index contributed by atoms with van der Waals surface area (Å²) in [6, 6.07) is 17.6. The first-order chi connectivity index (χ1) is 15.7. The second-order valence-electron chi connectivity index (χ2n) is 7.90. The lowest BCUT2D eigenvalue weighted by Crippen LogP contribution is -2.34. The minimum atomic E-state index is -0.211. The smallest absolute Gasteiger partial charge is 0.259 e. The van der Waals surface area contributed by atoms with Gasteiger partial charge in [0.05, 0.1) is 16.8 Å². The number of para-hydroxylation sites is 1. The molecule has 1 saturated heterocycles. The molecule has 2 aromatic heterocycles. The molecule has 4 aromatic rings. The quantitative estimate of drug-likeness (QED) is 0.451. The SMILES string of the molecule is Cc1cnc(NC(=O)c2cccc3ccc(-c4cccc(OC5CCNCC5)c4)nc23)s1. The summed E-state index contributed by atoms with van der Waals surface area (Å²) in [5.41, 5.74) is 2.96. The number of fused-ring (bicyclic) bond motifs is 1. The number of nitrogens with one attached hydrogen (secondary N) is 2. The van der Waals surface area contributed by atoms with Crippen molar-refractivity contribution in [2.45, 2.75) is 25.9 Å². The molecule has 1 aliphatic rings. The molecule has 0 radical (unpaired) electrons. The van der Waals surface area contributed by atoms with Crippen molar-refractivity contribution >= 4 is 33.3 Å². The van der Waals surface area contributed by atoms with Gasteiger partial charge < -0.3 is 10.1 Å². The highest BCUT2D eigenvalue weighted by molar-refractivity contribution is 7.15. The van der Waals surface area contributed by atoms with Gasteiger partial charge in [-0.1, -0.05) is 30.3 Å². The Bertz CT molecular complexity index is 1260. The first kappa shape index (κ1) is 20.6. The maximum atomic E-state index is 13.0. The summed E-state index contributed by atoms with van der Waals surface area (Å²) in [5, 5.41) is 7.75. The minimum Gasteiger partial charge on any atom is -0.490 e. The number of aryl methyl sites for hydroxylation is 1. The van der Waals surface area contributed by atoms with E-state index in [0.29, 0.717) is 16.2 Å². The van der Waals surface area contributed by atoms with E-state index in [-0.39, 0.29) is 12.0 Å².